The van der Waals surface area contributed by atoms with Crippen molar-refractivity contribution in [1.82, 2.24) is 5.32 Å². The van der Waals surface area contributed by atoms with Crippen LogP contribution in [0.5, 0.6) is 5.75 Å². The van der Waals surface area contributed by atoms with E-state index < -0.39 is 0 Å². The molecule has 0 saturated carbocycles. The van der Waals surface area contributed by atoms with Crippen molar-refractivity contribution in [2.45, 2.75) is 12.6 Å². The van der Waals surface area contributed by atoms with Crippen molar-refractivity contribution in [2.75, 3.05) is 6.54 Å². The Labute approximate surface area is 101 Å². The average molecular weight is 225 g/mol. The molecule has 2 aromatic carbocycles. The van der Waals surface area contributed by atoms with Gasteiger partial charge < -0.3 is 10.1 Å². The number of para-hydroxylation sites is 1. The second-order valence-electron chi connectivity index (χ2n) is 4.26. The highest BCUT2D eigenvalue weighted by molar-refractivity contribution is 5.35. The lowest BCUT2D eigenvalue weighted by Gasteiger charge is -2.17. The van der Waals surface area contributed by atoms with Gasteiger partial charge in [0.05, 0.1) is 0 Å². The van der Waals surface area contributed by atoms with Crippen LogP contribution in [0.1, 0.15) is 17.2 Å². The first-order valence-electron chi connectivity index (χ1n) is 5.94. The predicted octanol–water partition coefficient (Wildman–Crippen LogP) is 2.91. The first kappa shape index (κ1) is 10.4. The van der Waals surface area contributed by atoms with Crippen molar-refractivity contribution in [3.63, 3.8) is 0 Å². The molecule has 0 aliphatic carbocycles. The highest BCUT2D eigenvalue weighted by Crippen LogP contribution is 2.27. The molecule has 86 valence electrons. The number of fused-ring (bicyclic) bond motifs is 1. The van der Waals surface area contributed by atoms with Crippen LogP contribution in [-0.4, -0.2) is 6.54 Å². The van der Waals surface area contributed by atoms with Gasteiger partial charge in [0.2, 0.25) is 0 Å². The molecule has 1 N–H and O–H groups in total. The van der Waals surface area contributed by atoms with E-state index in [0.29, 0.717) is 0 Å². The summed E-state index contributed by atoms with van der Waals surface area (Å²) >= 11 is 0. The molecule has 2 nitrogen and oxygen atoms in total. The molecular weight excluding hydrogens is 210 g/mol. The topological polar surface area (TPSA) is 21.3 Å². The summed E-state index contributed by atoms with van der Waals surface area (Å²) in [4.78, 5) is 0. The quantitative estimate of drug-likeness (QED) is 0.805. The molecule has 0 saturated heterocycles. The largest absolute Gasteiger partial charge is 0.484 e. The molecule has 0 fully saturated rings. The van der Waals surface area contributed by atoms with Crippen molar-refractivity contribution < 1.29 is 4.74 Å². The second-order valence-corrected chi connectivity index (χ2v) is 4.26. The molecule has 0 amide bonds. The zero-order chi connectivity index (χ0) is 11.5. The molecule has 0 radical (unpaired) electrons. The predicted molar refractivity (Wildman–Crippen MR) is 68.0 cm³/mol. The summed E-state index contributed by atoms with van der Waals surface area (Å²) in [5, 5.41) is 3.43. The summed E-state index contributed by atoms with van der Waals surface area (Å²) in [7, 11) is 0. The van der Waals surface area contributed by atoms with Gasteiger partial charge in [0.15, 0.2) is 0 Å². The molecule has 1 atom stereocenters. The molecule has 17 heavy (non-hydrogen) atoms. The minimum absolute atomic E-state index is 0.0971. The molecule has 0 bridgehead atoms. The summed E-state index contributed by atoms with van der Waals surface area (Å²) in [6.45, 7) is 1.72. The Morgan fingerprint density at radius 1 is 0.941 bits per heavy atom. The first-order chi connectivity index (χ1) is 8.43. The van der Waals surface area contributed by atoms with Crippen molar-refractivity contribution >= 4 is 0 Å². The van der Waals surface area contributed by atoms with Gasteiger partial charge in [0, 0.05) is 18.7 Å². The van der Waals surface area contributed by atoms with Crippen LogP contribution in [0, 0.1) is 0 Å². The van der Waals surface area contributed by atoms with E-state index in [1.807, 2.05) is 24.3 Å². The van der Waals surface area contributed by atoms with Crippen LogP contribution in [-0.2, 0) is 6.54 Å². The van der Waals surface area contributed by atoms with E-state index in [1.54, 1.807) is 0 Å². The average Bonchev–Trinajstić information content (AvgIpc) is 2.62. The van der Waals surface area contributed by atoms with Crippen molar-refractivity contribution in [3.05, 3.63) is 65.7 Å². The first-order valence-corrected chi connectivity index (χ1v) is 5.94. The number of hydrogen-bond acceptors (Lipinski definition) is 2. The number of ether oxygens (including phenoxy) is 1. The SMILES string of the molecule is c1ccc([C@@H]2CNCc3ccccc3O2)cc1. The molecule has 0 spiro atoms. The van der Waals surface area contributed by atoms with Gasteiger partial charge in [-0.2, -0.15) is 0 Å². The van der Waals surface area contributed by atoms with Crippen LogP contribution in [0.15, 0.2) is 54.6 Å². The van der Waals surface area contributed by atoms with Crippen molar-refractivity contribution in [2.24, 2.45) is 0 Å². The zero-order valence-electron chi connectivity index (χ0n) is 9.60. The Bertz CT molecular complexity index is 495. The summed E-state index contributed by atoms with van der Waals surface area (Å²) in [6.07, 6.45) is 0.0971. The van der Waals surface area contributed by atoms with Gasteiger partial charge >= 0.3 is 0 Å². The van der Waals surface area contributed by atoms with Gasteiger partial charge in [-0.05, 0) is 11.6 Å². The standard InChI is InChI=1S/C15H15NO/c1-2-6-12(7-3-1)15-11-16-10-13-8-4-5-9-14(13)17-15/h1-9,15-16H,10-11H2/t15-/m0/s1. The van der Waals surface area contributed by atoms with E-state index in [1.165, 1.54) is 11.1 Å². The minimum atomic E-state index is 0.0971. The summed E-state index contributed by atoms with van der Waals surface area (Å²) < 4.78 is 6.08. The molecule has 2 aromatic rings. The molecule has 0 unspecified atom stereocenters. The third-order valence-corrected chi connectivity index (χ3v) is 3.06. The van der Waals surface area contributed by atoms with Crippen LogP contribution in [0.3, 0.4) is 0 Å². The van der Waals surface area contributed by atoms with Gasteiger partial charge in [0.1, 0.15) is 11.9 Å². The van der Waals surface area contributed by atoms with E-state index in [0.717, 1.165) is 18.8 Å². The highest BCUT2D eigenvalue weighted by Gasteiger charge is 2.17. The molecule has 3 rings (SSSR count). The Kier molecular flexibility index (Phi) is 2.80. The van der Waals surface area contributed by atoms with Gasteiger partial charge in [-0.3, -0.25) is 0 Å². The number of rotatable bonds is 1. The van der Waals surface area contributed by atoms with Crippen molar-refractivity contribution in [3.8, 4) is 5.75 Å². The second kappa shape index (κ2) is 4.60. The summed E-state index contributed by atoms with van der Waals surface area (Å²) in [6, 6.07) is 18.6. The molecule has 0 aromatic heterocycles. The van der Waals surface area contributed by atoms with Crippen LogP contribution < -0.4 is 10.1 Å². The molecule has 1 aliphatic heterocycles. The fourth-order valence-corrected chi connectivity index (χ4v) is 2.15. The fraction of sp³-hybridized carbons (Fsp3) is 0.200. The lowest BCUT2D eigenvalue weighted by atomic mass is 10.1. The fourth-order valence-electron chi connectivity index (χ4n) is 2.15. The Morgan fingerprint density at radius 2 is 1.71 bits per heavy atom. The Balaban J connectivity index is 1.91. The van der Waals surface area contributed by atoms with Crippen LogP contribution in [0.4, 0.5) is 0 Å². The highest BCUT2D eigenvalue weighted by atomic mass is 16.5. The van der Waals surface area contributed by atoms with Crippen LogP contribution in [0.25, 0.3) is 0 Å². The zero-order valence-corrected chi connectivity index (χ0v) is 9.60. The summed E-state index contributed by atoms with van der Waals surface area (Å²) in [5.41, 5.74) is 2.45. The molecular formula is C15H15NO. The molecule has 2 heteroatoms. The number of nitrogens with one attached hydrogen (secondary N) is 1. The molecule has 1 heterocycles. The minimum Gasteiger partial charge on any atom is -0.484 e. The summed E-state index contributed by atoms with van der Waals surface area (Å²) in [5.74, 6) is 0.992. The maximum atomic E-state index is 6.08. The third-order valence-electron chi connectivity index (χ3n) is 3.06. The van der Waals surface area contributed by atoms with Gasteiger partial charge in [-0.15, -0.1) is 0 Å². The third kappa shape index (κ3) is 2.17. The Morgan fingerprint density at radius 3 is 2.59 bits per heavy atom. The van der Waals surface area contributed by atoms with Gasteiger partial charge in [-0.25, -0.2) is 0 Å². The van der Waals surface area contributed by atoms with E-state index in [2.05, 4.69) is 35.6 Å². The van der Waals surface area contributed by atoms with Crippen LogP contribution >= 0.6 is 0 Å². The van der Waals surface area contributed by atoms with Crippen LogP contribution in [0.2, 0.25) is 0 Å². The Hall–Kier alpha value is -1.80. The molecule has 1 aliphatic rings. The van der Waals surface area contributed by atoms with Gasteiger partial charge in [0.25, 0.3) is 0 Å². The maximum absolute atomic E-state index is 6.08. The number of benzene rings is 2. The normalized spacial score (nSPS) is 18.9. The smallest absolute Gasteiger partial charge is 0.136 e. The lowest BCUT2D eigenvalue weighted by Crippen LogP contribution is -2.21. The van der Waals surface area contributed by atoms with E-state index >= 15 is 0 Å². The number of hydrogen-bond donors (Lipinski definition) is 1. The maximum Gasteiger partial charge on any atom is 0.136 e. The van der Waals surface area contributed by atoms with Crippen molar-refractivity contribution in [1.29, 1.82) is 0 Å². The van der Waals surface area contributed by atoms with Gasteiger partial charge in [-0.1, -0.05) is 48.5 Å². The van der Waals surface area contributed by atoms with E-state index in [-0.39, 0.29) is 6.10 Å². The lowest BCUT2D eigenvalue weighted by molar-refractivity contribution is 0.210. The van der Waals surface area contributed by atoms with E-state index in [4.69, 9.17) is 4.74 Å². The van der Waals surface area contributed by atoms with E-state index in [9.17, 15) is 0 Å². The monoisotopic (exact) mass is 225 g/mol.